The molecule has 0 aliphatic rings. The minimum atomic E-state index is -3.28. The summed E-state index contributed by atoms with van der Waals surface area (Å²) in [7, 11) is -3.28. The summed E-state index contributed by atoms with van der Waals surface area (Å²) in [6.07, 6.45) is 1.13. The molecule has 0 aliphatic carbocycles. The van der Waals surface area contributed by atoms with Gasteiger partial charge in [-0.25, -0.2) is 13.4 Å². The normalized spacial score (nSPS) is 11.6. The van der Waals surface area contributed by atoms with Crippen LogP contribution in [-0.2, 0) is 21.2 Å². The lowest BCUT2D eigenvalue weighted by molar-refractivity contribution is -0.113. The lowest BCUT2D eigenvalue weighted by Gasteiger charge is -2.10. The number of hydrogen-bond donors (Lipinski definition) is 1. The molecular weight excluding hydrogens is 406 g/mol. The number of carbonyl (C=O) groups excluding carboxylic acids is 1. The number of thiophene rings is 1. The fourth-order valence-corrected chi connectivity index (χ4v) is 4.70. The van der Waals surface area contributed by atoms with Gasteiger partial charge in [0.1, 0.15) is 4.70 Å². The van der Waals surface area contributed by atoms with Crippen LogP contribution in [0.3, 0.4) is 0 Å². The van der Waals surface area contributed by atoms with Gasteiger partial charge in [0.2, 0.25) is 5.91 Å². The van der Waals surface area contributed by atoms with Crippen molar-refractivity contribution in [1.29, 1.82) is 0 Å². The number of amides is 1. The first kappa shape index (κ1) is 19.6. The second-order valence-corrected chi connectivity index (χ2v) is 9.59. The van der Waals surface area contributed by atoms with Crippen molar-refractivity contribution in [2.45, 2.75) is 23.5 Å². The maximum Gasteiger partial charge on any atom is 0.272 e. The van der Waals surface area contributed by atoms with E-state index in [1.807, 2.05) is 12.3 Å². The number of thioether (sulfide) groups is 1. The molecule has 0 atom stereocenters. The zero-order valence-corrected chi connectivity index (χ0v) is 17.1. The summed E-state index contributed by atoms with van der Waals surface area (Å²) in [4.78, 5) is 29.3. The number of anilines is 1. The Morgan fingerprint density at radius 3 is 2.59 bits per heavy atom. The SMILES string of the molecule is CCn1c(SCC(=O)Nc2ccc(S(C)(=O)=O)cc2)nc2ccsc2c1=O. The Hall–Kier alpha value is -2.17. The molecule has 1 N–H and O–H groups in total. The first-order valence-corrected chi connectivity index (χ1v) is 11.8. The summed E-state index contributed by atoms with van der Waals surface area (Å²) in [6.45, 7) is 2.33. The summed E-state index contributed by atoms with van der Waals surface area (Å²) >= 11 is 2.54. The molecular formula is C17H17N3O4S3. The zero-order chi connectivity index (χ0) is 19.6. The Labute approximate surface area is 164 Å². The molecule has 3 rings (SSSR count). The van der Waals surface area contributed by atoms with Crippen molar-refractivity contribution in [3.8, 4) is 0 Å². The average molecular weight is 424 g/mol. The van der Waals surface area contributed by atoms with Crippen LogP contribution in [-0.4, -0.2) is 35.9 Å². The maximum absolute atomic E-state index is 12.5. The summed E-state index contributed by atoms with van der Waals surface area (Å²) in [5.41, 5.74) is 1.04. The van der Waals surface area contributed by atoms with Gasteiger partial charge in [-0.15, -0.1) is 11.3 Å². The van der Waals surface area contributed by atoms with Crippen LogP contribution < -0.4 is 10.9 Å². The standard InChI is InChI=1S/C17H17N3O4S3/c1-3-20-16(22)15-13(8-9-25-15)19-17(20)26-10-14(21)18-11-4-6-12(7-5-11)27(2,23)24/h4-9H,3,10H2,1-2H3,(H,18,21). The highest BCUT2D eigenvalue weighted by molar-refractivity contribution is 7.99. The molecule has 142 valence electrons. The van der Waals surface area contributed by atoms with E-state index in [1.165, 1.54) is 47.4 Å². The zero-order valence-electron chi connectivity index (χ0n) is 14.6. The van der Waals surface area contributed by atoms with E-state index in [9.17, 15) is 18.0 Å². The molecule has 27 heavy (non-hydrogen) atoms. The van der Waals surface area contributed by atoms with E-state index in [4.69, 9.17) is 0 Å². The van der Waals surface area contributed by atoms with Crippen molar-refractivity contribution >= 4 is 54.7 Å². The molecule has 7 nitrogen and oxygen atoms in total. The summed E-state index contributed by atoms with van der Waals surface area (Å²) in [5.74, 6) is -0.190. The highest BCUT2D eigenvalue weighted by Crippen LogP contribution is 2.21. The average Bonchev–Trinajstić information content (AvgIpc) is 3.08. The molecule has 0 bridgehead atoms. The lowest BCUT2D eigenvalue weighted by atomic mass is 10.3. The molecule has 1 aromatic carbocycles. The number of fused-ring (bicyclic) bond motifs is 1. The quantitative estimate of drug-likeness (QED) is 0.483. The van der Waals surface area contributed by atoms with Crippen molar-refractivity contribution < 1.29 is 13.2 Å². The highest BCUT2D eigenvalue weighted by Gasteiger charge is 2.13. The van der Waals surface area contributed by atoms with Crippen LogP contribution in [0.1, 0.15) is 6.92 Å². The number of nitrogens with zero attached hydrogens (tertiary/aromatic N) is 2. The van der Waals surface area contributed by atoms with Crippen LogP contribution in [0, 0.1) is 0 Å². The number of nitrogens with one attached hydrogen (secondary N) is 1. The van der Waals surface area contributed by atoms with Crippen LogP contribution in [0.2, 0.25) is 0 Å². The second-order valence-electron chi connectivity index (χ2n) is 5.71. The minimum Gasteiger partial charge on any atom is -0.325 e. The van der Waals surface area contributed by atoms with Crippen LogP contribution in [0.4, 0.5) is 5.69 Å². The monoisotopic (exact) mass is 423 g/mol. The first-order valence-electron chi connectivity index (χ1n) is 8.00. The van der Waals surface area contributed by atoms with Gasteiger partial charge in [-0.3, -0.25) is 14.2 Å². The molecule has 1 amide bonds. The van der Waals surface area contributed by atoms with Crippen molar-refractivity contribution in [1.82, 2.24) is 9.55 Å². The highest BCUT2D eigenvalue weighted by atomic mass is 32.2. The van der Waals surface area contributed by atoms with Crippen molar-refractivity contribution in [2.75, 3.05) is 17.3 Å². The van der Waals surface area contributed by atoms with Gasteiger partial charge in [0.05, 0.1) is 16.2 Å². The molecule has 0 spiro atoms. The summed E-state index contributed by atoms with van der Waals surface area (Å²) < 4.78 is 25.1. The largest absolute Gasteiger partial charge is 0.325 e. The molecule has 0 radical (unpaired) electrons. The van der Waals surface area contributed by atoms with Gasteiger partial charge in [-0.05, 0) is 42.6 Å². The molecule has 0 fully saturated rings. The fraction of sp³-hybridized carbons (Fsp3) is 0.235. The van der Waals surface area contributed by atoms with E-state index >= 15 is 0 Å². The topological polar surface area (TPSA) is 98.1 Å². The molecule has 2 heterocycles. The van der Waals surface area contributed by atoms with Gasteiger partial charge in [-0.2, -0.15) is 0 Å². The van der Waals surface area contributed by atoms with E-state index in [0.717, 1.165) is 6.26 Å². The first-order chi connectivity index (χ1) is 12.8. The number of hydrogen-bond acceptors (Lipinski definition) is 7. The van der Waals surface area contributed by atoms with Gasteiger partial charge in [0.15, 0.2) is 15.0 Å². The predicted molar refractivity (Wildman–Crippen MR) is 108 cm³/mol. The Balaban J connectivity index is 1.71. The number of benzene rings is 1. The third kappa shape index (κ3) is 4.40. The second kappa shape index (κ2) is 7.83. The number of carbonyl (C=O) groups is 1. The van der Waals surface area contributed by atoms with E-state index in [2.05, 4.69) is 10.3 Å². The molecule has 0 unspecified atom stereocenters. The Bertz CT molecular complexity index is 1150. The van der Waals surface area contributed by atoms with E-state index < -0.39 is 9.84 Å². The Morgan fingerprint density at radius 1 is 1.26 bits per heavy atom. The third-order valence-corrected chi connectivity index (χ3v) is 6.74. The van der Waals surface area contributed by atoms with E-state index in [1.54, 1.807) is 10.6 Å². The van der Waals surface area contributed by atoms with Gasteiger partial charge in [0, 0.05) is 18.5 Å². The summed E-state index contributed by atoms with van der Waals surface area (Å²) in [5, 5.41) is 5.02. The molecule has 0 saturated heterocycles. The molecule has 0 aliphatic heterocycles. The van der Waals surface area contributed by atoms with Crippen molar-refractivity contribution in [3.05, 3.63) is 46.1 Å². The number of aromatic nitrogens is 2. The van der Waals surface area contributed by atoms with Gasteiger partial charge < -0.3 is 5.32 Å². The number of sulfone groups is 1. The fourth-order valence-electron chi connectivity index (χ4n) is 2.43. The predicted octanol–water partition coefficient (Wildman–Crippen LogP) is 2.61. The molecule has 2 aromatic heterocycles. The molecule has 3 aromatic rings. The Morgan fingerprint density at radius 2 is 1.96 bits per heavy atom. The minimum absolute atomic E-state index is 0.0793. The smallest absolute Gasteiger partial charge is 0.272 e. The van der Waals surface area contributed by atoms with E-state index in [-0.39, 0.29) is 22.1 Å². The number of rotatable bonds is 6. The Kier molecular flexibility index (Phi) is 5.68. The third-order valence-electron chi connectivity index (χ3n) is 3.75. The van der Waals surface area contributed by atoms with Crippen LogP contribution in [0.25, 0.3) is 10.2 Å². The van der Waals surface area contributed by atoms with Gasteiger partial charge in [-0.1, -0.05) is 11.8 Å². The van der Waals surface area contributed by atoms with Crippen LogP contribution in [0.15, 0.2) is 50.6 Å². The van der Waals surface area contributed by atoms with Gasteiger partial charge in [0.25, 0.3) is 5.56 Å². The maximum atomic E-state index is 12.5. The summed E-state index contributed by atoms with van der Waals surface area (Å²) in [6, 6.07) is 7.75. The van der Waals surface area contributed by atoms with Crippen LogP contribution >= 0.6 is 23.1 Å². The van der Waals surface area contributed by atoms with Gasteiger partial charge >= 0.3 is 0 Å². The van der Waals surface area contributed by atoms with E-state index in [0.29, 0.717) is 27.6 Å². The molecule has 10 heteroatoms. The lowest BCUT2D eigenvalue weighted by Crippen LogP contribution is -2.22. The molecule has 0 saturated carbocycles. The van der Waals surface area contributed by atoms with Crippen molar-refractivity contribution in [3.63, 3.8) is 0 Å². The van der Waals surface area contributed by atoms with Crippen LogP contribution in [0.5, 0.6) is 0 Å². The van der Waals surface area contributed by atoms with Crippen molar-refractivity contribution in [2.24, 2.45) is 0 Å².